The van der Waals surface area contributed by atoms with Crippen molar-refractivity contribution >= 4 is 20.4 Å². The van der Waals surface area contributed by atoms with E-state index in [2.05, 4.69) is 3.63 Å². The Morgan fingerprint density at radius 2 is 0.921 bits per heavy atom. The molecule has 3 aromatic carbocycles. The van der Waals surface area contributed by atoms with Gasteiger partial charge in [0.15, 0.2) is 0 Å². The highest BCUT2D eigenvalue weighted by Gasteiger charge is 2.58. The fourth-order valence-corrected chi connectivity index (χ4v) is 8.53. The van der Waals surface area contributed by atoms with Gasteiger partial charge in [0, 0.05) is 0 Å². The van der Waals surface area contributed by atoms with E-state index in [9.17, 15) is 21.6 Å². The number of alkyl halides is 3. The molecule has 0 saturated carbocycles. The number of halogens is 3. The van der Waals surface area contributed by atoms with Gasteiger partial charge in [0.1, 0.15) is 22.7 Å². The predicted molar refractivity (Wildman–Crippen MR) is 145 cm³/mol. The van der Waals surface area contributed by atoms with Crippen molar-refractivity contribution in [3.8, 4) is 11.5 Å². The lowest BCUT2D eigenvalue weighted by Gasteiger charge is -2.35. The number of hydrogen-bond acceptors (Lipinski definition) is 4. The number of hydrogen-bond donors (Lipinski definition) is 0. The average molecular weight is 572 g/mol. The molecular formula is C28H34F3O5S2+. The van der Waals surface area contributed by atoms with Gasteiger partial charge < -0.3 is 9.47 Å². The van der Waals surface area contributed by atoms with Crippen LogP contribution in [0.3, 0.4) is 0 Å². The molecule has 10 heteroatoms. The summed E-state index contributed by atoms with van der Waals surface area (Å²) < 4.78 is 82.1. The first kappa shape index (κ1) is 29.9. The lowest BCUT2D eigenvalue weighted by atomic mass is 10.2. The van der Waals surface area contributed by atoms with Crippen molar-refractivity contribution in [2.45, 2.75) is 79.9 Å². The van der Waals surface area contributed by atoms with Crippen LogP contribution < -0.4 is 9.47 Å². The Labute approximate surface area is 224 Å². The summed E-state index contributed by atoms with van der Waals surface area (Å²) in [5.74, 6) is 0.983. The highest BCUT2D eigenvalue weighted by molar-refractivity contribution is 8.32. The smallest absolute Gasteiger partial charge is 0.488 e. The molecule has 0 saturated heterocycles. The molecule has 208 valence electrons. The van der Waals surface area contributed by atoms with Gasteiger partial charge in [0.25, 0.3) is 0 Å². The van der Waals surface area contributed by atoms with E-state index in [0.717, 1.165) is 5.56 Å². The molecule has 0 atom stereocenters. The maximum Gasteiger partial charge on any atom is 0.572 e. The minimum Gasteiger partial charge on any atom is -0.488 e. The Balaban J connectivity index is 2.31. The monoisotopic (exact) mass is 571 g/mol. The van der Waals surface area contributed by atoms with Crippen molar-refractivity contribution < 1.29 is 34.7 Å². The number of aryl methyl sites for hydroxylation is 1. The minimum absolute atomic E-state index is 0.305. The maximum absolute atomic E-state index is 13.8. The van der Waals surface area contributed by atoms with E-state index in [0.29, 0.717) is 26.2 Å². The molecule has 0 amide bonds. The molecule has 0 aliphatic rings. The van der Waals surface area contributed by atoms with Gasteiger partial charge in [-0.2, -0.15) is 13.2 Å². The van der Waals surface area contributed by atoms with Crippen molar-refractivity contribution in [2.75, 3.05) is 0 Å². The molecule has 3 rings (SSSR count). The Kier molecular flexibility index (Phi) is 8.22. The first-order valence-corrected chi connectivity index (χ1v) is 14.9. The lowest BCUT2D eigenvalue weighted by Crippen LogP contribution is -2.30. The molecule has 0 bridgehead atoms. The molecule has 0 fully saturated rings. The van der Waals surface area contributed by atoms with E-state index in [1.54, 1.807) is 72.8 Å². The molecule has 1 N–H and O–H groups in total. The third kappa shape index (κ3) is 7.03. The van der Waals surface area contributed by atoms with E-state index >= 15 is 0 Å². The van der Waals surface area contributed by atoms with Crippen molar-refractivity contribution in [1.82, 2.24) is 0 Å². The van der Waals surface area contributed by atoms with Crippen LogP contribution >= 0.6 is 10.3 Å². The van der Waals surface area contributed by atoms with Crippen molar-refractivity contribution in [2.24, 2.45) is 0 Å². The highest BCUT2D eigenvalue weighted by Crippen LogP contribution is 2.69. The second-order valence-electron chi connectivity index (χ2n) is 10.8. The standard InChI is InChI=1S/C28H33F3O5S2/c1-20-8-14-23(15-9-20)37(36-38(32,33)28(29,30)31,24-16-10-21(11-17-24)34-26(2,3)4)25-18-12-22(13-19-25)35-27(5,6)7/h8-19H,1-7H3/p+1. The van der Waals surface area contributed by atoms with Crippen LogP contribution in [0, 0.1) is 6.92 Å². The Hall–Kier alpha value is -2.69. The van der Waals surface area contributed by atoms with Crippen LogP contribution in [-0.4, -0.2) is 28.8 Å². The lowest BCUT2D eigenvalue weighted by molar-refractivity contribution is -0.0540. The van der Waals surface area contributed by atoms with E-state index < -0.39 is 37.1 Å². The van der Waals surface area contributed by atoms with Crippen LogP contribution in [0.4, 0.5) is 13.2 Å². The summed E-state index contributed by atoms with van der Waals surface area (Å²) in [4.78, 5) is 0.949. The van der Waals surface area contributed by atoms with Crippen LogP contribution in [0.5, 0.6) is 11.5 Å². The predicted octanol–water partition coefficient (Wildman–Crippen LogP) is 8.49. The van der Waals surface area contributed by atoms with Crippen LogP contribution in [0.15, 0.2) is 87.5 Å². The summed E-state index contributed by atoms with van der Waals surface area (Å²) >= 11 is 0. The fourth-order valence-electron chi connectivity index (χ4n) is 3.58. The van der Waals surface area contributed by atoms with Gasteiger partial charge in [-0.3, -0.25) is 3.63 Å². The largest absolute Gasteiger partial charge is 0.572 e. The number of rotatable bonds is 7. The van der Waals surface area contributed by atoms with E-state index in [1.165, 1.54) is 0 Å². The molecule has 0 spiro atoms. The summed E-state index contributed by atoms with van der Waals surface area (Å²) in [5, 5.41) is 0. The summed E-state index contributed by atoms with van der Waals surface area (Å²) in [6, 6.07) is 19.5. The molecule has 0 heterocycles. The zero-order valence-corrected chi connectivity index (χ0v) is 24.1. The molecule has 0 aliphatic heterocycles. The Morgan fingerprint density at radius 1 is 0.605 bits per heavy atom. The summed E-state index contributed by atoms with van der Waals surface area (Å²) in [7, 11) is -9.19. The second kappa shape index (κ2) is 10.5. The summed E-state index contributed by atoms with van der Waals surface area (Å²) in [6.45, 7) is 13.1. The van der Waals surface area contributed by atoms with E-state index in [1.807, 2.05) is 48.5 Å². The summed E-state index contributed by atoms with van der Waals surface area (Å²) in [5.41, 5.74) is -5.71. The first-order valence-electron chi connectivity index (χ1n) is 11.9. The van der Waals surface area contributed by atoms with Crippen molar-refractivity contribution in [3.63, 3.8) is 0 Å². The number of benzene rings is 3. The SMILES string of the molecule is Cc1ccc(S([OH+]S(=O)(=O)C(F)(F)F)(c2ccc(OC(C)(C)C)cc2)c2ccc(OC(C)(C)C)cc2)cc1. The van der Waals surface area contributed by atoms with Crippen LogP contribution in [0.2, 0.25) is 0 Å². The summed E-state index contributed by atoms with van der Waals surface area (Å²) in [6.07, 6.45) is 0. The van der Waals surface area contributed by atoms with Crippen LogP contribution in [0.25, 0.3) is 0 Å². The van der Waals surface area contributed by atoms with Gasteiger partial charge in [0.05, 0.1) is 25.0 Å². The van der Waals surface area contributed by atoms with Gasteiger partial charge in [0.2, 0.25) is 0 Å². The van der Waals surface area contributed by atoms with Crippen LogP contribution in [-0.2, 0) is 10.1 Å². The quantitative estimate of drug-likeness (QED) is 0.162. The second-order valence-corrected chi connectivity index (χ2v) is 15.3. The normalized spacial score (nSPS) is 13.7. The van der Waals surface area contributed by atoms with Crippen molar-refractivity contribution in [3.05, 3.63) is 78.4 Å². The average Bonchev–Trinajstić information content (AvgIpc) is 2.76. The van der Waals surface area contributed by atoms with Gasteiger partial charge in [-0.25, -0.2) is 0 Å². The third-order valence-corrected chi connectivity index (χ3v) is 10.2. The molecule has 3 aromatic rings. The molecule has 0 aliphatic carbocycles. The molecule has 38 heavy (non-hydrogen) atoms. The molecule has 0 unspecified atom stereocenters. The zero-order chi connectivity index (χ0) is 28.6. The van der Waals surface area contributed by atoms with Gasteiger partial charge in [-0.05, 0) is 109 Å². The molecular weight excluding hydrogens is 537 g/mol. The Morgan fingerprint density at radius 3 is 1.21 bits per heavy atom. The highest BCUT2D eigenvalue weighted by atomic mass is 32.3. The minimum atomic E-state index is -5.89. The Bertz CT molecular complexity index is 1280. The molecule has 0 aromatic heterocycles. The maximum atomic E-state index is 13.8. The zero-order valence-electron chi connectivity index (χ0n) is 22.5. The van der Waals surface area contributed by atoms with Crippen molar-refractivity contribution in [1.29, 1.82) is 0 Å². The van der Waals surface area contributed by atoms with Gasteiger partial charge >= 0.3 is 15.6 Å². The molecule has 5 nitrogen and oxygen atoms in total. The van der Waals surface area contributed by atoms with E-state index in [-0.39, 0.29) is 0 Å². The topological polar surface area (TPSA) is 65.4 Å². The van der Waals surface area contributed by atoms with E-state index in [4.69, 9.17) is 9.47 Å². The van der Waals surface area contributed by atoms with Crippen LogP contribution in [0.1, 0.15) is 47.1 Å². The fraction of sp³-hybridized carbons (Fsp3) is 0.357. The van der Waals surface area contributed by atoms with Gasteiger partial charge in [-0.15, -0.1) is 8.42 Å². The molecule has 0 radical (unpaired) electrons. The first-order chi connectivity index (χ1) is 17.3. The van der Waals surface area contributed by atoms with Gasteiger partial charge in [-0.1, -0.05) is 17.7 Å². The third-order valence-electron chi connectivity index (χ3n) is 5.04. The number of ether oxygens (including phenoxy) is 2.